The van der Waals surface area contributed by atoms with E-state index in [1.807, 2.05) is 0 Å². The summed E-state index contributed by atoms with van der Waals surface area (Å²) in [5, 5.41) is 14.5. The van der Waals surface area contributed by atoms with E-state index in [2.05, 4.69) is 10.6 Å². The van der Waals surface area contributed by atoms with Crippen LogP contribution in [0.4, 0.5) is 15.5 Å². The van der Waals surface area contributed by atoms with Crippen LogP contribution in [0.15, 0.2) is 30.3 Å². The quantitative estimate of drug-likeness (QED) is 0.807. The van der Waals surface area contributed by atoms with Crippen molar-refractivity contribution < 1.29 is 19.4 Å². The predicted octanol–water partition coefficient (Wildman–Crippen LogP) is 3.41. The van der Waals surface area contributed by atoms with E-state index in [0.717, 1.165) is 4.88 Å². The third-order valence-electron chi connectivity index (χ3n) is 2.66. The molecule has 0 atom stereocenters. The number of aromatic carboxylic acids is 1. The molecule has 6 nitrogen and oxygen atoms in total. The summed E-state index contributed by atoms with van der Waals surface area (Å²) in [5.74, 6) is -0.387. The number of rotatable bonds is 4. The molecule has 2 aromatic rings. The second-order valence-electron chi connectivity index (χ2n) is 4.21. The third kappa shape index (κ3) is 3.73. The highest BCUT2D eigenvalue weighted by Gasteiger charge is 2.15. The van der Waals surface area contributed by atoms with Gasteiger partial charge in [-0.1, -0.05) is 0 Å². The van der Waals surface area contributed by atoms with Gasteiger partial charge in [-0.25, -0.2) is 9.59 Å². The summed E-state index contributed by atoms with van der Waals surface area (Å²) >= 11 is 1.21. The highest BCUT2D eigenvalue weighted by atomic mass is 32.1. The normalized spacial score (nSPS) is 10.0. The molecule has 0 unspecified atom stereocenters. The molecule has 0 saturated carbocycles. The fourth-order valence-electron chi connectivity index (χ4n) is 1.71. The van der Waals surface area contributed by atoms with Gasteiger partial charge in [0.1, 0.15) is 10.8 Å². The van der Waals surface area contributed by atoms with E-state index in [-0.39, 0.29) is 5.56 Å². The molecule has 0 radical (unpaired) electrons. The van der Waals surface area contributed by atoms with Crippen LogP contribution in [0.3, 0.4) is 0 Å². The third-order valence-corrected chi connectivity index (χ3v) is 3.63. The van der Waals surface area contributed by atoms with Crippen molar-refractivity contribution in [1.29, 1.82) is 0 Å². The minimum atomic E-state index is -1.07. The summed E-state index contributed by atoms with van der Waals surface area (Å²) in [6.07, 6.45) is 0. The van der Waals surface area contributed by atoms with Gasteiger partial charge in [0.05, 0.1) is 12.7 Å². The fourth-order valence-corrected chi connectivity index (χ4v) is 2.60. The Morgan fingerprint density at radius 3 is 2.43 bits per heavy atom. The monoisotopic (exact) mass is 306 g/mol. The SMILES string of the molecule is COc1ccc(NC(=O)Nc2sc(C)cc2C(=O)O)cc1. The van der Waals surface area contributed by atoms with Gasteiger partial charge < -0.3 is 15.2 Å². The average molecular weight is 306 g/mol. The lowest BCUT2D eigenvalue weighted by Crippen LogP contribution is -2.19. The molecule has 1 aromatic carbocycles. The number of methoxy groups -OCH3 is 1. The minimum Gasteiger partial charge on any atom is -0.497 e. The molecule has 0 saturated heterocycles. The zero-order chi connectivity index (χ0) is 15.4. The first-order chi connectivity index (χ1) is 9.99. The number of nitrogens with one attached hydrogen (secondary N) is 2. The van der Waals surface area contributed by atoms with Crippen molar-refractivity contribution in [1.82, 2.24) is 0 Å². The van der Waals surface area contributed by atoms with Crippen LogP contribution in [0.1, 0.15) is 15.2 Å². The lowest BCUT2D eigenvalue weighted by atomic mass is 10.3. The molecule has 0 spiro atoms. The molecule has 1 aromatic heterocycles. The summed E-state index contributed by atoms with van der Waals surface area (Å²) in [5.41, 5.74) is 0.667. The van der Waals surface area contributed by atoms with E-state index in [9.17, 15) is 9.59 Å². The van der Waals surface area contributed by atoms with Crippen molar-refractivity contribution >= 4 is 34.0 Å². The number of aryl methyl sites for hydroxylation is 1. The van der Waals surface area contributed by atoms with E-state index in [1.165, 1.54) is 17.4 Å². The second-order valence-corrected chi connectivity index (χ2v) is 5.47. The van der Waals surface area contributed by atoms with Crippen LogP contribution in [0.2, 0.25) is 0 Å². The van der Waals surface area contributed by atoms with Gasteiger partial charge in [0.25, 0.3) is 0 Å². The van der Waals surface area contributed by atoms with Crippen molar-refractivity contribution in [3.8, 4) is 5.75 Å². The van der Waals surface area contributed by atoms with Crippen molar-refractivity contribution in [2.75, 3.05) is 17.7 Å². The van der Waals surface area contributed by atoms with Gasteiger partial charge >= 0.3 is 12.0 Å². The second kappa shape index (κ2) is 6.27. The molecule has 110 valence electrons. The van der Waals surface area contributed by atoms with Gasteiger partial charge in [-0.2, -0.15) is 0 Å². The number of carbonyl (C=O) groups excluding carboxylic acids is 1. The Hall–Kier alpha value is -2.54. The molecule has 2 rings (SSSR count). The van der Waals surface area contributed by atoms with Gasteiger partial charge in [-0.3, -0.25) is 5.32 Å². The summed E-state index contributed by atoms with van der Waals surface area (Å²) in [6.45, 7) is 1.78. The van der Waals surface area contributed by atoms with Crippen molar-refractivity contribution in [2.45, 2.75) is 6.92 Å². The molecule has 2 amide bonds. The van der Waals surface area contributed by atoms with Gasteiger partial charge in [0.2, 0.25) is 0 Å². The van der Waals surface area contributed by atoms with Crippen LogP contribution >= 0.6 is 11.3 Å². The van der Waals surface area contributed by atoms with E-state index in [0.29, 0.717) is 16.4 Å². The zero-order valence-corrected chi connectivity index (χ0v) is 12.3. The first-order valence-electron chi connectivity index (χ1n) is 6.05. The van der Waals surface area contributed by atoms with E-state index in [1.54, 1.807) is 38.3 Å². The molecule has 21 heavy (non-hydrogen) atoms. The molecule has 0 aliphatic rings. The van der Waals surface area contributed by atoms with Crippen LogP contribution < -0.4 is 15.4 Å². The van der Waals surface area contributed by atoms with Crippen LogP contribution in [0, 0.1) is 6.92 Å². The summed E-state index contributed by atoms with van der Waals surface area (Å²) in [7, 11) is 1.56. The number of carboxylic acids is 1. The van der Waals surface area contributed by atoms with Crippen LogP contribution in [0.5, 0.6) is 5.75 Å². The standard InChI is InChI=1S/C14H14N2O4S/c1-8-7-11(13(17)18)12(21-8)16-14(19)15-9-3-5-10(20-2)6-4-9/h3-7H,1-2H3,(H,17,18)(H2,15,16,19). The summed E-state index contributed by atoms with van der Waals surface area (Å²) in [4.78, 5) is 23.8. The Bertz CT molecular complexity index is 664. The number of carbonyl (C=O) groups is 2. The predicted molar refractivity (Wildman–Crippen MR) is 81.7 cm³/mol. The Balaban J connectivity index is 2.06. The highest BCUT2D eigenvalue weighted by Crippen LogP contribution is 2.27. The number of carboxylic acid groups (broad SMARTS) is 1. The first-order valence-corrected chi connectivity index (χ1v) is 6.87. The number of anilines is 2. The number of thiophene rings is 1. The average Bonchev–Trinajstić information content (AvgIpc) is 2.80. The molecule has 0 bridgehead atoms. The smallest absolute Gasteiger partial charge is 0.338 e. The number of urea groups is 1. The summed E-state index contributed by atoms with van der Waals surface area (Å²) in [6, 6.07) is 7.84. The Labute approximate surface area is 125 Å². The Morgan fingerprint density at radius 2 is 1.86 bits per heavy atom. The van der Waals surface area contributed by atoms with Gasteiger partial charge in [-0.15, -0.1) is 11.3 Å². The molecule has 7 heteroatoms. The van der Waals surface area contributed by atoms with Crippen molar-refractivity contribution in [3.63, 3.8) is 0 Å². The minimum absolute atomic E-state index is 0.0855. The maximum atomic E-state index is 11.9. The number of ether oxygens (including phenoxy) is 1. The number of hydrogen-bond acceptors (Lipinski definition) is 4. The number of hydrogen-bond donors (Lipinski definition) is 3. The Kier molecular flexibility index (Phi) is 4.44. The van der Waals surface area contributed by atoms with Crippen LogP contribution in [-0.4, -0.2) is 24.2 Å². The van der Waals surface area contributed by atoms with E-state index in [4.69, 9.17) is 9.84 Å². The molecular formula is C14H14N2O4S. The largest absolute Gasteiger partial charge is 0.497 e. The molecule has 1 heterocycles. The molecule has 0 aliphatic heterocycles. The van der Waals surface area contributed by atoms with Gasteiger partial charge in [-0.05, 0) is 37.3 Å². The lowest BCUT2D eigenvalue weighted by Gasteiger charge is -2.07. The maximum Gasteiger partial charge on any atom is 0.338 e. The number of benzene rings is 1. The molecular weight excluding hydrogens is 292 g/mol. The van der Waals surface area contributed by atoms with Crippen LogP contribution in [-0.2, 0) is 0 Å². The van der Waals surface area contributed by atoms with Gasteiger partial charge in [0.15, 0.2) is 0 Å². The molecule has 3 N–H and O–H groups in total. The van der Waals surface area contributed by atoms with Gasteiger partial charge in [0, 0.05) is 10.6 Å². The lowest BCUT2D eigenvalue weighted by molar-refractivity contribution is 0.0698. The van der Waals surface area contributed by atoms with E-state index >= 15 is 0 Å². The van der Waals surface area contributed by atoms with Crippen molar-refractivity contribution in [3.05, 3.63) is 40.8 Å². The number of amides is 2. The highest BCUT2D eigenvalue weighted by molar-refractivity contribution is 7.16. The Morgan fingerprint density at radius 1 is 1.19 bits per heavy atom. The van der Waals surface area contributed by atoms with Crippen LogP contribution in [0.25, 0.3) is 0 Å². The molecule has 0 fully saturated rings. The maximum absolute atomic E-state index is 11.9. The first kappa shape index (κ1) is 14.9. The molecule has 0 aliphatic carbocycles. The fraction of sp³-hybridized carbons (Fsp3) is 0.143. The topological polar surface area (TPSA) is 87.7 Å². The zero-order valence-electron chi connectivity index (χ0n) is 11.5. The summed E-state index contributed by atoms with van der Waals surface area (Å²) < 4.78 is 5.02. The van der Waals surface area contributed by atoms with Crippen molar-refractivity contribution in [2.24, 2.45) is 0 Å². The van der Waals surface area contributed by atoms with E-state index < -0.39 is 12.0 Å².